The molecule has 0 aliphatic carbocycles. The Morgan fingerprint density at radius 3 is 2.00 bits per heavy atom. The second-order valence-corrected chi connectivity index (χ2v) is 2.45. The average molecular weight is 160 g/mol. The molecule has 0 saturated carbocycles. The van der Waals surface area contributed by atoms with Crippen LogP contribution in [0.4, 0.5) is 0 Å². The molecule has 70 valence electrons. The Labute approximate surface area is 71.6 Å². The fourth-order valence-corrected chi connectivity index (χ4v) is 1.03. The highest BCUT2D eigenvalue weighted by Gasteiger charge is 2.04. The lowest BCUT2D eigenvalue weighted by molar-refractivity contribution is 0.405. The smallest absolute Gasteiger partial charge is 0.00231 e. The molecule has 0 amide bonds. The number of nitrogens with two attached hydrogens (primary N) is 1. The van der Waals surface area contributed by atoms with Crippen LogP contribution in [0.3, 0.4) is 0 Å². The molecule has 3 N–H and O–H groups in total. The van der Waals surface area contributed by atoms with Gasteiger partial charge in [0.1, 0.15) is 0 Å². The van der Waals surface area contributed by atoms with Gasteiger partial charge in [0.05, 0.1) is 0 Å². The lowest BCUT2D eigenvalue weighted by Crippen LogP contribution is -2.27. The minimum absolute atomic E-state index is 0.925. The van der Waals surface area contributed by atoms with E-state index in [9.17, 15) is 0 Å². The predicted molar refractivity (Wildman–Crippen MR) is 52.7 cm³/mol. The summed E-state index contributed by atoms with van der Waals surface area (Å²) < 4.78 is 0. The maximum atomic E-state index is 4.50. The number of nitrogens with one attached hydrogen (secondary N) is 1. The van der Waals surface area contributed by atoms with Crippen LogP contribution in [0.25, 0.3) is 0 Å². The zero-order valence-electron chi connectivity index (χ0n) is 8.48. The molecule has 2 nitrogen and oxygen atoms in total. The Morgan fingerprint density at radius 2 is 1.82 bits per heavy atom. The highest BCUT2D eigenvalue weighted by molar-refractivity contribution is 4.63. The standard InChI is InChI=1S/C6H13N.C2H6.CH5N/c1-6-3-2-4-7-5-6;2*1-2/h6-7H,2-5H2,1H3;1-2H3;2H2,1H3. The van der Waals surface area contributed by atoms with E-state index in [1.807, 2.05) is 13.8 Å². The third kappa shape index (κ3) is 9.92. The van der Waals surface area contributed by atoms with Crippen LogP contribution in [0, 0.1) is 5.92 Å². The molecule has 1 aliphatic rings. The van der Waals surface area contributed by atoms with E-state index < -0.39 is 0 Å². The second kappa shape index (κ2) is 12.6. The van der Waals surface area contributed by atoms with Crippen molar-refractivity contribution in [2.24, 2.45) is 11.7 Å². The van der Waals surface area contributed by atoms with Gasteiger partial charge in [0.15, 0.2) is 0 Å². The number of rotatable bonds is 0. The molecule has 11 heavy (non-hydrogen) atoms. The zero-order valence-corrected chi connectivity index (χ0v) is 8.48. The molecule has 0 aromatic carbocycles. The van der Waals surface area contributed by atoms with Gasteiger partial charge in [-0.1, -0.05) is 20.8 Å². The molecule has 1 aliphatic heterocycles. The van der Waals surface area contributed by atoms with Crippen molar-refractivity contribution in [3.63, 3.8) is 0 Å². The van der Waals surface area contributed by atoms with E-state index >= 15 is 0 Å². The van der Waals surface area contributed by atoms with Crippen LogP contribution in [0.2, 0.25) is 0 Å². The van der Waals surface area contributed by atoms with E-state index in [0.29, 0.717) is 0 Å². The van der Waals surface area contributed by atoms with E-state index in [1.54, 1.807) is 0 Å². The van der Waals surface area contributed by atoms with E-state index in [-0.39, 0.29) is 0 Å². The van der Waals surface area contributed by atoms with Crippen LogP contribution in [-0.2, 0) is 0 Å². The third-order valence-corrected chi connectivity index (χ3v) is 1.54. The first-order valence-electron chi connectivity index (χ1n) is 4.68. The number of hydrogen-bond donors (Lipinski definition) is 2. The summed E-state index contributed by atoms with van der Waals surface area (Å²) in [4.78, 5) is 0. The first kappa shape index (κ1) is 13.5. The molecule has 0 radical (unpaired) electrons. The number of hydrogen-bond acceptors (Lipinski definition) is 2. The van der Waals surface area contributed by atoms with Gasteiger partial charge in [-0.3, -0.25) is 0 Å². The molecule has 2 heteroatoms. The van der Waals surface area contributed by atoms with Crippen LogP contribution in [0.1, 0.15) is 33.6 Å². The lowest BCUT2D eigenvalue weighted by Gasteiger charge is -2.17. The van der Waals surface area contributed by atoms with Crippen LogP contribution in [0.15, 0.2) is 0 Å². The van der Waals surface area contributed by atoms with Gasteiger partial charge < -0.3 is 11.1 Å². The maximum absolute atomic E-state index is 4.50. The van der Waals surface area contributed by atoms with Crippen molar-refractivity contribution >= 4 is 0 Å². The van der Waals surface area contributed by atoms with Gasteiger partial charge in [-0.05, 0) is 38.9 Å². The fourth-order valence-electron chi connectivity index (χ4n) is 1.03. The molecular weight excluding hydrogens is 136 g/mol. The van der Waals surface area contributed by atoms with Crippen LogP contribution < -0.4 is 11.1 Å². The predicted octanol–water partition coefficient (Wildman–Crippen LogP) is 1.61. The van der Waals surface area contributed by atoms with Gasteiger partial charge in [-0.2, -0.15) is 0 Å². The SMILES string of the molecule is CC.CC1CCCNC1.CN. The molecule has 1 saturated heterocycles. The number of piperidine rings is 1. The zero-order chi connectivity index (χ0) is 9.11. The molecule has 0 spiro atoms. The van der Waals surface area contributed by atoms with Crippen molar-refractivity contribution in [2.75, 3.05) is 20.1 Å². The summed E-state index contributed by atoms with van der Waals surface area (Å²) in [5.74, 6) is 0.925. The molecule has 1 rings (SSSR count). The highest BCUT2D eigenvalue weighted by atomic mass is 14.9. The van der Waals surface area contributed by atoms with E-state index in [4.69, 9.17) is 0 Å². The normalized spacial score (nSPS) is 22.1. The third-order valence-electron chi connectivity index (χ3n) is 1.54. The quantitative estimate of drug-likeness (QED) is 0.565. The summed E-state index contributed by atoms with van der Waals surface area (Å²) in [5.41, 5.74) is 4.50. The maximum Gasteiger partial charge on any atom is -0.00231 e. The Morgan fingerprint density at radius 1 is 1.27 bits per heavy atom. The van der Waals surface area contributed by atoms with E-state index in [0.717, 1.165) is 5.92 Å². The largest absolute Gasteiger partial charge is 0.333 e. The first-order valence-corrected chi connectivity index (χ1v) is 4.68. The van der Waals surface area contributed by atoms with Crippen molar-refractivity contribution in [1.29, 1.82) is 0 Å². The summed E-state index contributed by atoms with van der Waals surface area (Å²) >= 11 is 0. The Kier molecular flexibility index (Phi) is 15.4. The minimum Gasteiger partial charge on any atom is -0.333 e. The van der Waals surface area contributed by atoms with Crippen molar-refractivity contribution in [2.45, 2.75) is 33.6 Å². The van der Waals surface area contributed by atoms with Gasteiger partial charge in [0.2, 0.25) is 0 Å². The molecule has 1 atom stereocenters. The molecular formula is C9H24N2. The Hall–Kier alpha value is -0.0800. The summed E-state index contributed by atoms with van der Waals surface area (Å²) in [6.45, 7) is 8.77. The lowest BCUT2D eigenvalue weighted by atomic mass is 10.0. The van der Waals surface area contributed by atoms with Crippen LogP contribution in [-0.4, -0.2) is 20.1 Å². The highest BCUT2D eigenvalue weighted by Crippen LogP contribution is 2.06. The summed E-state index contributed by atoms with van der Waals surface area (Å²) in [5, 5.41) is 3.33. The molecule has 0 aromatic rings. The monoisotopic (exact) mass is 160 g/mol. The van der Waals surface area contributed by atoms with Crippen molar-refractivity contribution in [3.05, 3.63) is 0 Å². The first-order chi connectivity index (χ1) is 5.39. The van der Waals surface area contributed by atoms with Crippen LogP contribution in [0.5, 0.6) is 0 Å². The summed E-state index contributed by atoms with van der Waals surface area (Å²) in [6, 6.07) is 0. The van der Waals surface area contributed by atoms with Gasteiger partial charge in [-0.25, -0.2) is 0 Å². The van der Waals surface area contributed by atoms with Gasteiger partial charge in [0.25, 0.3) is 0 Å². The fraction of sp³-hybridized carbons (Fsp3) is 1.00. The summed E-state index contributed by atoms with van der Waals surface area (Å²) in [7, 11) is 1.50. The van der Waals surface area contributed by atoms with Crippen LogP contribution >= 0.6 is 0 Å². The van der Waals surface area contributed by atoms with E-state index in [1.165, 1.54) is 33.0 Å². The molecule has 1 unspecified atom stereocenters. The summed E-state index contributed by atoms with van der Waals surface area (Å²) in [6.07, 6.45) is 2.80. The van der Waals surface area contributed by atoms with Crippen molar-refractivity contribution in [3.8, 4) is 0 Å². The second-order valence-electron chi connectivity index (χ2n) is 2.45. The average Bonchev–Trinajstić information content (AvgIpc) is 2.13. The van der Waals surface area contributed by atoms with Gasteiger partial charge in [-0.15, -0.1) is 0 Å². The van der Waals surface area contributed by atoms with E-state index in [2.05, 4.69) is 18.0 Å². The van der Waals surface area contributed by atoms with Gasteiger partial charge in [0, 0.05) is 0 Å². The topological polar surface area (TPSA) is 38.0 Å². The van der Waals surface area contributed by atoms with Crippen molar-refractivity contribution < 1.29 is 0 Å². The Balaban J connectivity index is 0. The molecule has 0 aromatic heterocycles. The Bertz CT molecular complexity index is 49.5. The minimum atomic E-state index is 0.925. The van der Waals surface area contributed by atoms with Crippen molar-refractivity contribution in [1.82, 2.24) is 5.32 Å². The molecule has 1 heterocycles. The van der Waals surface area contributed by atoms with Gasteiger partial charge >= 0.3 is 0 Å². The molecule has 1 fully saturated rings. The molecule has 0 bridgehead atoms.